The molecule has 1 unspecified atom stereocenters. The molecule has 2 aliphatic rings. The van der Waals surface area contributed by atoms with Gasteiger partial charge in [0, 0.05) is 18.1 Å². The minimum atomic E-state index is -0.00807. The summed E-state index contributed by atoms with van der Waals surface area (Å²) in [5.41, 5.74) is 0. The Balaban J connectivity index is 1.76. The first-order valence-corrected chi connectivity index (χ1v) is 8.87. The van der Waals surface area contributed by atoms with E-state index in [-0.39, 0.29) is 11.9 Å². The fourth-order valence-corrected chi connectivity index (χ4v) is 3.87. The first-order valence-electron chi connectivity index (χ1n) is 8.87. The molecule has 0 saturated heterocycles. The number of amides is 1. The fraction of sp³-hybridized carbons (Fsp3) is 0.941. The van der Waals surface area contributed by atoms with E-state index in [2.05, 4.69) is 36.4 Å². The summed E-state index contributed by atoms with van der Waals surface area (Å²) in [6.45, 7) is 5.29. The van der Waals surface area contributed by atoms with Crippen LogP contribution in [0.15, 0.2) is 0 Å². The summed E-state index contributed by atoms with van der Waals surface area (Å²) in [6, 6.07) is 1.66. The Kier molecular flexibility index (Phi) is 6.49. The highest BCUT2D eigenvalue weighted by Gasteiger charge is 2.29. The molecule has 0 bridgehead atoms. The molecule has 0 heterocycles. The zero-order valence-corrected chi connectivity index (χ0v) is 14.0. The van der Waals surface area contributed by atoms with Gasteiger partial charge in [0.25, 0.3) is 0 Å². The highest BCUT2D eigenvalue weighted by molar-refractivity contribution is 5.81. The average Bonchev–Trinajstić information content (AvgIpc) is 3.00. The lowest BCUT2D eigenvalue weighted by molar-refractivity contribution is -0.127. The van der Waals surface area contributed by atoms with E-state index >= 15 is 0 Å². The third-order valence-electron chi connectivity index (χ3n) is 5.46. The lowest BCUT2D eigenvalue weighted by Gasteiger charge is -2.37. The molecular formula is C17H33N3O. The summed E-state index contributed by atoms with van der Waals surface area (Å²) in [5, 5.41) is 6.78. The highest BCUT2D eigenvalue weighted by Crippen LogP contribution is 2.24. The normalized spacial score (nSPS) is 28.8. The Morgan fingerprint density at radius 2 is 1.71 bits per heavy atom. The summed E-state index contributed by atoms with van der Waals surface area (Å²) >= 11 is 0. The van der Waals surface area contributed by atoms with Gasteiger partial charge in [0.2, 0.25) is 5.91 Å². The van der Waals surface area contributed by atoms with Crippen LogP contribution in [0.5, 0.6) is 0 Å². The maximum Gasteiger partial charge on any atom is 0.237 e. The van der Waals surface area contributed by atoms with Crippen molar-refractivity contribution in [1.82, 2.24) is 15.5 Å². The number of hydrogen-bond acceptors (Lipinski definition) is 3. The van der Waals surface area contributed by atoms with Gasteiger partial charge in [-0.15, -0.1) is 0 Å². The van der Waals surface area contributed by atoms with Crippen LogP contribution in [-0.2, 0) is 4.79 Å². The lowest BCUT2D eigenvalue weighted by Crippen LogP contribution is -2.51. The predicted molar refractivity (Wildman–Crippen MR) is 87.3 cm³/mol. The number of carbonyl (C=O) groups excluding carboxylic acids is 1. The van der Waals surface area contributed by atoms with Crippen molar-refractivity contribution >= 4 is 5.91 Å². The van der Waals surface area contributed by atoms with Crippen LogP contribution in [0.3, 0.4) is 0 Å². The second-order valence-electron chi connectivity index (χ2n) is 6.89. The van der Waals surface area contributed by atoms with E-state index < -0.39 is 0 Å². The average molecular weight is 295 g/mol. The predicted octanol–water partition coefficient (Wildman–Crippen LogP) is 2.29. The summed E-state index contributed by atoms with van der Waals surface area (Å²) in [5.74, 6) is 0.221. The summed E-state index contributed by atoms with van der Waals surface area (Å²) < 4.78 is 0. The van der Waals surface area contributed by atoms with Crippen molar-refractivity contribution in [2.75, 3.05) is 13.6 Å². The van der Waals surface area contributed by atoms with Crippen LogP contribution in [0, 0.1) is 0 Å². The molecule has 2 aliphatic carbocycles. The number of rotatable bonds is 6. The number of nitrogens with one attached hydrogen (secondary N) is 2. The van der Waals surface area contributed by atoms with Gasteiger partial charge in [0.1, 0.15) is 0 Å². The van der Waals surface area contributed by atoms with E-state index in [1.54, 1.807) is 0 Å². The van der Waals surface area contributed by atoms with Crippen LogP contribution in [0.1, 0.15) is 65.2 Å². The largest absolute Gasteiger partial charge is 0.352 e. The maximum atomic E-state index is 12.4. The van der Waals surface area contributed by atoms with Crippen LogP contribution in [-0.4, -0.2) is 48.6 Å². The fourth-order valence-electron chi connectivity index (χ4n) is 3.87. The summed E-state index contributed by atoms with van der Waals surface area (Å²) in [7, 11) is 2.12. The summed E-state index contributed by atoms with van der Waals surface area (Å²) in [4.78, 5) is 14.7. The van der Waals surface area contributed by atoms with Crippen LogP contribution in [0.4, 0.5) is 0 Å². The van der Waals surface area contributed by atoms with Gasteiger partial charge in [-0.1, -0.05) is 19.8 Å². The van der Waals surface area contributed by atoms with Crippen molar-refractivity contribution in [2.45, 2.75) is 89.4 Å². The number of likely N-dealkylation sites (N-methyl/N-ethyl adjacent to an activating group) is 1. The van der Waals surface area contributed by atoms with Gasteiger partial charge in [-0.2, -0.15) is 0 Å². The second kappa shape index (κ2) is 8.14. The number of hydrogen-bond donors (Lipinski definition) is 2. The molecule has 122 valence electrons. The van der Waals surface area contributed by atoms with Gasteiger partial charge in [0.05, 0.1) is 6.04 Å². The molecule has 21 heavy (non-hydrogen) atoms. The summed E-state index contributed by atoms with van der Waals surface area (Å²) in [6.07, 6.45) is 9.74. The Bertz CT molecular complexity index is 320. The lowest BCUT2D eigenvalue weighted by atomic mass is 9.89. The standard InChI is InChI=1S/C17H33N3O/c1-4-18-14-9-11-16(12-10-14)20(3)13(2)17(21)19-15-7-5-6-8-15/h13-16,18H,4-12H2,1-3H3,(H,19,21). The quantitative estimate of drug-likeness (QED) is 0.790. The van der Waals surface area contributed by atoms with Crippen molar-refractivity contribution in [1.29, 1.82) is 0 Å². The first-order chi connectivity index (χ1) is 10.1. The van der Waals surface area contributed by atoms with Gasteiger partial charge >= 0.3 is 0 Å². The molecule has 2 rings (SSSR count). The second-order valence-corrected chi connectivity index (χ2v) is 6.89. The van der Waals surface area contributed by atoms with E-state index in [4.69, 9.17) is 0 Å². The zero-order chi connectivity index (χ0) is 15.2. The van der Waals surface area contributed by atoms with E-state index in [0.29, 0.717) is 18.1 Å². The van der Waals surface area contributed by atoms with Crippen molar-refractivity contribution in [3.8, 4) is 0 Å². The van der Waals surface area contributed by atoms with E-state index in [1.165, 1.54) is 38.5 Å². The Hall–Kier alpha value is -0.610. The molecule has 0 aromatic heterocycles. The molecule has 4 nitrogen and oxygen atoms in total. The molecular weight excluding hydrogens is 262 g/mol. The van der Waals surface area contributed by atoms with Crippen LogP contribution < -0.4 is 10.6 Å². The van der Waals surface area contributed by atoms with Crippen LogP contribution >= 0.6 is 0 Å². The Morgan fingerprint density at radius 3 is 2.29 bits per heavy atom. The molecule has 1 amide bonds. The van der Waals surface area contributed by atoms with Gasteiger partial charge in [-0.05, 0) is 59.0 Å². The van der Waals surface area contributed by atoms with Crippen LogP contribution in [0.25, 0.3) is 0 Å². The molecule has 2 N–H and O–H groups in total. The molecule has 0 spiro atoms. The topological polar surface area (TPSA) is 44.4 Å². The molecule has 4 heteroatoms. The van der Waals surface area contributed by atoms with Crippen LogP contribution in [0.2, 0.25) is 0 Å². The molecule has 0 radical (unpaired) electrons. The molecule has 2 fully saturated rings. The highest BCUT2D eigenvalue weighted by atomic mass is 16.2. The molecule has 0 aliphatic heterocycles. The van der Waals surface area contributed by atoms with Crippen molar-refractivity contribution in [3.63, 3.8) is 0 Å². The minimum Gasteiger partial charge on any atom is -0.352 e. The molecule has 0 aromatic carbocycles. The van der Waals surface area contributed by atoms with Gasteiger partial charge in [-0.3, -0.25) is 9.69 Å². The molecule has 0 aromatic rings. The number of nitrogens with zero attached hydrogens (tertiary/aromatic N) is 1. The van der Waals surface area contributed by atoms with Crippen molar-refractivity contribution < 1.29 is 4.79 Å². The monoisotopic (exact) mass is 295 g/mol. The Labute approximate surface area is 130 Å². The maximum absolute atomic E-state index is 12.4. The number of carbonyl (C=O) groups is 1. The third-order valence-corrected chi connectivity index (χ3v) is 5.46. The third kappa shape index (κ3) is 4.68. The van der Waals surface area contributed by atoms with Crippen molar-refractivity contribution in [2.24, 2.45) is 0 Å². The minimum absolute atomic E-state index is 0.00807. The van der Waals surface area contributed by atoms with Gasteiger partial charge < -0.3 is 10.6 Å². The molecule has 1 atom stereocenters. The first kappa shape index (κ1) is 16.8. The smallest absolute Gasteiger partial charge is 0.237 e. The van der Waals surface area contributed by atoms with Gasteiger partial charge in [0.15, 0.2) is 0 Å². The SMILES string of the molecule is CCNC1CCC(N(C)C(C)C(=O)NC2CCCC2)CC1. The van der Waals surface area contributed by atoms with Gasteiger partial charge in [-0.25, -0.2) is 0 Å². The molecule has 2 saturated carbocycles. The Morgan fingerprint density at radius 1 is 1.10 bits per heavy atom. The van der Waals surface area contributed by atoms with E-state index in [1.807, 2.05) is 0 Å². The zero-order valence-electron chi connectivity index (χ0n) is 14.0. The van der Waals surface area contributed by atoms with E-state index in [9.17, 15) is 4.79 Å². The van der Waals surface area contributed by atoms with Crippen molar-refractivity contribution in [3.05, 3.63) is 0 Å². The van der Waals surface area contributed by atoms with E-state index in [0.717, 1.165) is 19.4 Å².